The summed E-state index contributed by atoms with van der Waals surface area (Å²) < 4.78 is 0. The zero-order chi connectivity index (χ0) is 11.0. The summed E-state index contributed by atoms with van der Waals surface area (Å²) in [6.07, 6.45) is -0.0183. The molecule has 80 valence electrons. The number of aliphatic hydroxyl groups is 1. The minimum Gasteiger partial charge on any atom is -0.370 e. The molecule has 0 aliphatic rings. The van der Waals surface area contributed by atoms with E-state index in [-0.39, 0.29) is 0 Å². The number of aryl methyl sites for hydroxylation is 2. The predicted octanol–water partition coefficient (Wildman–Crippen LogP) is 1.95. The van der Waals surface area contributed by atoms with E-state index in [1.165, 1.54) is 4.80 Å². The van der Waals surface area contributed by atoms with Gasteiger partial charge in [-0.3, -0.25) is 0 Å². The Morgan fingerprint density at radius 1 is 1.20 bits per heavy atom. The van der Waals surface area contributed by atoms with Crippen molar-refractivity contribution in [1.82, 2.24) is 15.0 Å². The number of hydrogen-bond acceptors (Lipinski definition) is 3. The van der Waals surface area contributed by atoms with E-state index in [4.69, 9.17) is 0 Å². The second kappa shape index (κ2) is 3.62. The fraction of sp³-hybridized carbons (Fsp3) is 0.455. The fourth-order valence-electron chi connectivity index (χ4n) is 1.56. The van der Waals surface area contributed by atoms with Crippen molar-refractivity contribution in [3.8, 4) is 0 Å². The van der Waals surface area contributed by atoms with Gasteiger partial charge in [0, 0.05) is 0 Å². The van der Waals surface area contributed by atoms with Gasteiger partial charge in [-0.2, -0.15) is 15.0 Å². The van der Waals surface area contributed by atoms with E-state index in [2.05, 4.69) is 10.2 Å². The van der Waals surface area contributed by atoms with Crippen LogP contribution < -0.4 is 0 Å². The normalized spacial score (nSPS) is 13.3. The Kier molecular flexibility index (Phi) is 2.44. The molecule has 1 aromatic heterocycles. The third-order valence-corrected chi connectivity index (χ3v) is 2.59. The highest BCUT2D eigenvalue weighted by Crippen LogP contribution is 2.19. The van der Waals surface area contributed by atoms with Gasteiger partial charge in [-0.1, -0.05) is 19.1 Å². The van der Waals surface area contributed by atoms with Gasteiger partial charge in [0.1, 0.15) is 11.0 Å². The summed E-state index contributed by atoms with van der Waals surface area (Å²) in [4.78, 5) is 1.39. The van der Waals surface area contributed by atoms with E-state index in [0.29, 0.717) is 6.42 Å². The summed E-state index contributed by atoms with van der Waals surface area (Å²) in [5.41, 5.74) is 3.93. The van der Waals surface area contributed by atoms with Gasteiger partial charge in [0.25, 0.3) is 0 Å². The Morgan fingerprint density at radius 2 is 1.67 bits per heavy atom. The first-order valence-electron chi connectivity index (χ1n) is 5.14. The maximum absolute atomic E-state index is 9.65. The molecule has 0 bridgehead atoms. The number of fused-ring (bicyclic) bond motifs is 1. The molecule has 0 fully saturated rings. The molecule has 2 rings (SSSR count). The van der Waals surface area contributed by atoms with Crippen LogP contribution in [0.3, 0.4) is 0 Å². The smallest absolute Gasteiger partial charge is 0.165 e. The Hall–Kier alpha value is -1.42. The number of hydrogen-bond donors (Lipinski definition) is 1. The van der Waals surface area contributed by atoms with Crippen LogP contribution in [0.15, 0.2) is 12.1 Å². The molecule has 0 amide bonds. The number of benzene rings is 1. The number of nitrogens with zero attached hydrogens (tertiary/aromatic N) is 3. The summed E-state index contributed by atoms with van der Waals surface area (Å²) in [6, 6.07) is 4.05. The van der Waals surface area contributed by atoms with Crippen LogP contribution in [0.1, 0.15) is 30.7 Å². The monoisotopic (exact) mass is 205 g/mol. The van der Waals surface area contributed by atoms with E-state index in [1.807, 2.05) is 32.9 Å². The zero-order valence-electron chi connectivity index (χ0n) is 9.23. The van der Waals surface area contributed by atoms with Gasteiger partial charge in [-0.05, 0) is 31.4 Å². The maximum atomic E-state index is 9.65. The Bertz CT molecular complexity index is 451. The van der Waals surface area contributed by atoms with Crippen LogP contribution in [0.4, 0.5) is 0 Å². The minimum absolute atomic E-state index is 0.610. The second-order valence-electron chi connectivity index (χ2n) is 3.81. The van der Waals surface area contributed by atoms with Gasteiger partial charge in [-0.25, -0.2) is 0 Å². The Balaban J connectivity index is 2.64. The van der Waals surface area contributed by atoms with Gasteiger partial charge in [0.2, 0.25) is 0 Å². The van der Waals surface area contributed by atoms with Crippen molar-refractivity contribution in [3.63, 3.8) is 0 Å². The van der Waals surface area contributed by atoms with Crippen LogP contribution in [0.5, 0.6) is 0 Å². The van der Waals surface area contributed by atoms with Crippen LogP contribution in [0.25, 0.3) is 11.0 Å². The molecular weight excluding hydrogens is 190 g/mol. The van der Waals surface area contributed by atoms with Gasteiger partial charge in [0.05, 0.1) is 0 Å². The number of aromatic nitrogens is 3. The SMILES string of the molecule is CCC(O)n1nc2c(C)ccc(C)c2n1. The molecule has 0 saturated carbocycles. The molecular formula is C11H15N3O. The number of rotatable bonds is 2. The summed E-state index contributed by atoms with van der Waals surface area (Å²) in [6.45, 7) is 5.90. The molecule has 0 aliphatic carbocycles. The highest BCUT2D eigenvalue weighted by Gasteiger charge is 2.11. The average Bonchev–Trinajstić information content (AvgIpc) is 2.68. The van der Waals surface area contributed by atoms with Crippen LogP contribution in [0, 0.1) is 13.8 Å². The first kappa shape index (κ1) is 10.1. The predicted molar refractivity (Wildman–Crippen MR) is 58.5 cm³/mol. The molecule has 0 saturated heterocycles. The molecule has 1 heterocycles. The topological polar surface area (TPSA) is 50.9 Å². The van der Waals surface area contributed by atoms with Gasteiger partial charge < -0.3 is 5.11 Å². The molecule has 1 atom stereocenters. The van der Waals surface area contributed by atoms with E-state index in [9.17, 15) is 5.11 Å². The molecule has 15 heavy (non-hydrogen) atoms. The van der Waals surface area contributed by atoms with Crippen molar-refractivity contribution in [2.24, 2.45) is 0 Å². The van der Waals surface area contributed by atoms with Gasteiger partial charge in [-0.15, -0.1) is 0 Å². The average molecular weight is 205 g/mol. The zero-order valence-corrected chi connectivity index (χ0v) is 9.23. The summed E-state index contributed by atoms with van der Waals surface area (Å²) in [7, 11) is 0. The lowest BCUT2D eigenvalue weighted by Gasteiger charge is -2.04. The lowest BCUT2D eigenvalue weighted by molar-refractivity contribution is 0.0729. The van der Waals surface area contributed by atoms with E-state index < -0.39 is 6.23 Å². The lowest BCUT2D eigenvalue weighted by atomic mass is 10.1. The molecule has 0 spiro atoms. The van der Waals surface area contributed by atoms with E-state index in [0.717, 1.165) is 22.2 Å². The van der Waals surface area contributed by atoms with E-state index in [1.54, 1.807) is 0 Å². The van der Waals surface area contributed by atoms with Crippen molar-refractivity contribution < 1.29 is 5.11 Å². The van der Waals surface area contributed by atoms with Gasteiger partial charge in [0.15, 0.2) is 6.23 Å². The summed E-state index contributed by atoms with van der Waals surface area (Å²) in [5, 5.41) is 18.2. The molecule has 2 aromatic rings. The largest absolute Gasteiger partial charge is 0.370 e. The van der Waals surface area contributed by atoms with Crippen LogP contribution in [0.2, 0.25) is 0 Å². The standard InChI is InChI=1S/C11H15N3O/c1-4-9(15)14-12-10-7(2)5-6-8(3)11(10)13-14/h5-6,9,15H,4H2,1-3H3. The van der Waals surface area contributed by atoms with Crippen molar-refractivity contribution in [3.05, 3.63) is 23.3 Å². The second-order valence-corrected chi connectivity index (χ2v) is 3.81. The van der Waals surface area contributed by atoms with Gasteiger partial charge >= 0.3 is 0 Å². The molecule has 1 unspecified atom stereocenters. The highest BCUT2D eigenvalue weighted by atomic mass is 16.3. The Labute approximate surface area is 88.5 Å². The number of aliphatic hydroxyl groups excluding tert-OH is 1. The lowest BCUT2D eigenvalue weighted by Crippen LogP contribution is -2.10. The molecule has 1 aromatic carbocycles. The van der Waals surface area contributed by atoms with Crippen LogP contribution in [-0.4, -0.2) is 20.1 Å². The third kappa shape index (κ3) is 1.61. The highest BCUT2D eigenvalue weighted by molar-refractivity contribution is 5.80. The fourth-order valence-corrected chi connectivity index (χ4v) is 1.56. The molecule has 4 nitrogen and oxygen atoms in total. The third-order valence-electron chi connectivity index (χ3n) is 2.59. The maximum Gasteiger partial charge on any atom is 0.165 e. The first-order valence-corrected chi connectivity index (χ1v) is 5.14. The summed E-state index contributed by atoms with van der Waals surface area (Å²) in [5.74, 6) is 0. The van der Waals surface area contributed by atoms with Crippen LogP contribution in [-0.2, 0) is 0 Å². The van der Waals surface area contributed by atoms with Crippen LogP contribution >= 0.6 is 0 Å². The van der Waals surface area contributed by atoms with Crippen molar-refractivity contribution in [1.29, 1.82) is 0 Å². The minimum atomic E-state index is -0.629. The molecule has 0 radical (unpaired) electrons. The van der Waals surface area contributed by atoms with Crippen molar-refractivity contribution >= 4 is 11.0 Å². The van der Waals surface area contributed by atoms with Crippen molar-refractivity contribution in [2.45, 2.75) is 33.4 Å². The summed E-state index contributed by atoms with van der Waals surface area (Å²) >= 11 is 0. The molecule has 0 aliphatic heterocycles. The molecule has 1 N–H and O–H groups in total. The quantitative estimate of drug-likeness (QED) is 0.815. The first-order chi connectivity index (χ1) is 7.13. The Morgan fingerprint density at radius 3 is 2.07 bits per heavy atom. The van der Waals surface area contributed by atoms with E-state index >= 15 is 0 Å². The van der Waals surface area contributed by atoms with Crippen molar-refractivity contribution in [2.75, 3.05) is 0 Å². The molecule has 4 heteroatoms.